The van der Waals surface area contributed by atoms with Gasteiger partial charge in [0.05, 0.1) is 11.7 Å². The van der Waals surface area contributed by atoms with Crippen molar-refractivity contribution in [3.8, 4) is 11.5 Å². The second kappa shape index (κ2) is 5.91. The average molecular weight is 310 g/mol. The molecule has 5 heteroatoms. The van der Waals surface area contributed by atoms with Gasteiger partial charge in [-0.05, 0) is 49.6 Å². The number of benzene rings is 1. The predicted octanol–water partition coefficient (Wildman–Crippen LogP) is 3.18. The number of piperidine rings is 1. The minimum absolute atomic E-state index is 0.0265. The summed E-state index contributed by atoms with van der Waals surface area (Å²) in [6.45, 7) is 0.974. The third-order valence-corrected chi connectivity index (χ3v) is 4.41. The largest absolute Gasteiger partial charge is 0.454 e. The summed E-state index contributed by atoms with van der Waals surface area (Å²) >= 11 is 0. The second-order valence-corrected chi connectivity index (χ2v) is 5.83. The zero-order chi connectivity index (χ0) is 15.6. The Hall–Kier alpha value is -2.56. The molecule has 4 rings (SSSR count). The van der Waals surface area contributed by atoms with E-state index >= 15 is 0 Å². The van der Waals surface area contributed by atoms with Crippen LogP contribution in [0.25, 0.3) is 0 Å². The monoisotopic (exact) mass is 310 g/mol. The Morgan fingerprint density at radius 1 is 1.13 bits per heavy atom. The van der Waals surface area contributed by atoms with Crippen molar-refractivity contribution in [2.24, 2.45) is 0 Å². The minimum atomic E-state index is 0.0265. The highest BCUT2D eigenvalue weighted by Crippen LogP contribution is 2.35. The number of carbonyl (C=O) groups is 1. The van der Waals surface area contributed by atoms with Crippen molar-refractivity contribution in [1.82, 2.24) is 9.88 Å². The number of hydrogen-bond donors (Lipinski definition) is 0. The summed E-state index contributed by atoms with van der Waals surface area (Å²) in [4.78, 5) is 19.4. The van der Waals surface area contributed by atoms with Crippen molar-refractivity contribution < 1.29 is 14.3 Å². The lowest BCUT2D eigenvalue weighted by atomic mass is 9.97. The molecule has 0 spiro atoms. The molecular formula is C18H18N2O3. The topological polar surface area (TPSA) is 51.7 Å². The van der Waals surface area contributed by atoms with Gasteiger partial charge in [-0.3, -0.25) is 9.78 Å². The molecule has 2 aliphatic heterocycles. The molecule has 1 amide bonds. The second-order valence-electron chi connectivity index (χ2n) is 5.83. The Kier molecular flexibility index (Phi) is 3.61. The highest BCUT2D eigenvalue weighted by atomic mass is 16.7. The van der Waals surface area contributed by atoms with Gasteiger partial charge in [-0.15, -0.1) is 0 Å². The third kappa shape index (κ3) is 2.63. The molecule has 0 N–H and O–H groups in total. The maximum absolute atomic E-state index is 13.0. The molecule has 0 bridgehead atoms. The summed E-state index contributed by atoms with van der Waals surface area (Å²) in [5.41, 5.74) is 1.60. The Labute approximate surface area is 134 Å². The summed E-state index contributed by atoms with van der Waals surface area (Å²) in [6, 6.07) is 11.3. The van der Waals surface area contributed by atoms with Crippen LogP contribution in [0.2, 0.25) is 0 Å². The molecule has 3 heterocycles. The number of hydrogen-bond acceptors (Lipinski definition) is 4. The zero-order valence-corrected chi connectivity index (χ0v) is 12.8. The number of nitrogens with zero attached hydrogens (tertiary/aromatic N) is 2. The number of fused-ring (bicyclic) bond motifs is 1. The Morgan fingerprint density at radius 2 is 2.04 bits per heavy atom. The smallest absolute Gasteiger partial charge is 0.254 e. The molecule has 1 fully saturated rings. The molecule has 0 saturated carbocycles. The highest BCUT2D eigenvalue weighted by Gasteiger charge is 2.30. The van der Waals surface area contributed by atoms with Crippen LogP contribution in [0, 0.1) is 0 Å². The van der Waals surface area contributed by atoms with E-state index in [4.69, 9.17) is 9.47 Å². The molecule has 0 aliphatic carbocycles. The van der Waals surface area contributed by atoms with Gasteiger partial charge in [0.25, 0.3) is 5.91 Å². The Bertz CT molecular complexity index is 717. The molecule has 5 nitrogen and oxygen atoms in total. The Balaban J connectivity index is 1.63. The van der Waals surface area contributed by atoms with E-state index in [2.05, 4.69) is 4.98 Å². The SMILES string of the molecule is O=C(c1ccc2c(c1)OCO2)N1CCCCC1c1ccccn1. The van der Waals surface area contributed by atoms with Crippen LogP contribution in [-0.2, 0) is 0 Å². The van der Waals surface area contributed by atoms with E-state index in [0.717, 1.165) is 31.5 Å². The predicted molar refractivity (Wildman–Crippen MR) is 84.4 cm³/mol. The molecule has 2 aromatic rings. The van der Waals surface area contributed by atoms with Crippen LogP contribution < -0.4 is 9.47 Å². The molecule has 1 atom stereocenters. The van der Waals surface area contributed by atoms with Gasteiger partial charge in [-0.25, -0.2) is 0 Å². The lowest BCUT2D eigenvalue weighted by Crippen LogP contribution is -2.38. The molecule has 1 aromatic carbocycles. The number of amides is 1. The summed E-state index contributed by atoms with van der Waals surface area (Å²) in [6.07, 6.45) is 4.88. The van der Waals surface area contributed by atoms with Crippen LogP contribution in [0.3, 0.4) is 0 Å². The third-order valence-electron chi connectivity index (χ3n) is 4.41. The van der Waals surface area contributed by atoms with Gasteiger partial charge in [0.15, 0.2) is 11.5 Å². The van der Waals surface area contributed by atoms with Crippen LogP contribution >= 0.6 is 0 Å². The van der Waals surface area contributed by atoms with Gasteiger partial charge in [0.1, 0.15) is 0 Å². The first-order valence-electron chi connectivity index (χ1n) is 7.94. The summed E-state index contributed by atoms with van der Waals surface area (Å²) in [5.74, 6) is 1.36. The van der Waals surface area contributed by atoms with Crippen molar-refractivity contribution in [1.29, 1.82) is 0 Å². The highest BCUT2D eigenvalue weighted by molar-refractivity contribution is 5.95. The molecule has 1 saturated heterocycles. The molecule has 2 aliphatic rings. The van der Waals surface area contributed by atoms with E-state index in [1.165, 1.54) is 0 Å². The standard InChI is InChI=1S/C18H18N2O3/c21-18(13-7-8-16-17(11-13)23-12-22-16)20-10-4-2-6-15(20)14-5-1-3-9-19-14/h1,3,5,7-9,11,15H,2,4,6,10,12H2. The first kappa shape index (κ1) is 14.1. The van der Waals surface area contributed by atoms with E-state index in [1.807, 2.05) is 23.1 Å². The van der Waals surface area contributed by atoms with Gasteiger partial charge < -0.3 is 14.4 Å². The number of aromatic nitrogens is 1. The maximum Gasteiger partial charge on any atom is 0.254 e. The van der Waals surface area contributed by atoms with Gasteiger partial charge >= 0.3 is 0 Å². The van der Waals surface area contributed by atoms with E-state index < -0.39 is 0 Å². The molecular weight excluding hydrogens is 292 g/mol. The van der Waals surface area contributed by atoms with E-state index in [-0.39, 0.29) is 18.7 Å². The summed E-state index contributed by atoms with van der Waals surface area (Å²) < 4.78 is 10.7. The van der Waals surface area contributed by atoms with Gasteiger partial charge in [-0.2, -0.15) is 0 Å². The fourth-order valence-electron chi connectivity index (χ4n) is 3.25. The van der Waals surface area contributed by atoms with Gasteiger partial charge in [-0.1, -0.05) is 6.07 Å². The lowest BCUT2D eigenvalue weighted by molar-refractivity contribution is 0.0605. The van der Waals surface area contributed by atoms with E-state index in [0.29, 0.717) is 17.1 Å². The van der Waals surface area contributed by atoms with Crippen molar-refractivity contribution in [2.45, 2.75) is 25.3 Å². The average Bonchev–Trinajstić information content (AvgIpc) is 3.09. The molecule has 23 heavy (non-hydrogen) atoms. The first-order valence-corrected chi connectivity index (χ1v) is 7.94. The van der Waals surface area contributed by atoms with Crippen LogP contribution in [0.4, 0.5) is 0 Å². The molecule has 1 unspecified atom stereocenters. The number of rotatable bonds is 2. The number of pyridine rings is 1. The van der Waals surface area contributed by atoms with Crippen LogP contribution in [-0.4, -0.2) is 29.1 Å². The number of ether oxygens (including phenoxy) is 2. The molecule has 1 aromatic heterocycles. The van der Waals surface area contributed by atoms with Crippen LogP contribution in [0.15, 0.2) is 42.6 Å². The number of carbonyl (C=O) groups excluding carboxylic acids is 1. The van der Waals surface area contributed by atoms with Gasteiger partial charge in [0, 0.05) is 18.3 Å². The first-order chi connectivity index (χ1) is 11.3. The number of likely N-dealkylation sites (tertiary alicyclic amines) is 1. The van der Waals surface area contributed by atoms with Crippen molar-refractivity contribution >= 4 is 5.91 Å². The minimum Gasteiger partial charge on any atom is -0.454 e. The normalized spacial score (nSPS) is 19.7. The fraction of sp³-hybridized carbons (Fsp3) is 0.333. The maximum atomic E-state index is 13.0. The summed E-state index contributed by atoms with van der Waals surface area (Å²) in [7, 11) is 0. The zero-order valence-electron chi connectivity index (χ0n) is 12.8. The summed E-state index contributed by atoms with van der Waals surface area (Å²) in [5, 5.41) is 0. The van der Waals surface area contributed by atoms with Crippen molar-refractivity contribution in [3.63, 3.8) is 0 Å². The molecule has 118 valence electrons. The van der Waals surface area contributed by atoms with E-state index in [9.17, 15) is 4.79 Å². The molecule has 0 radical (unpaired) electrons. The quantitative estimate of drug-likeness (QED) is 0.855. The van der Waals surface area contributed by atoms with Crippen LogP contribution in [0.5, 0.6) is 11.5 Å². The Morgan fingerprint density at radius 3 is 2.91 bits per heavy atom. The van der Waals surface area contributed by atoms with Crippen LogP contribution in [0.1, 0.15) is 41.4 Å². The fourth-order valence-corrected chi connectivity index (χ4v) is 3.25. The van der Waals surface area contributed by atoms with Crippen molar-refractivity contribution in [3.05, 3.63) is 53.9 Å². The van der Waals surface area contributed by atoms with Gasteiger partial charge in [0.2, 0.25) is 6.79 Å². The van der Waals surface area contributed by atoms with Crippen molar-refractivity contribution in [2.75, 3.05) is 13.3 Å². The lowest BCUT2D eigenvalue weighted by Gasteiger charge is -2.35. The van der Waals surface area contributed by atoms with E-state index in [1.54, 1.807) is 24.4 Å².